The molecule has 2 heterocycles. The Kier molecular flexibility index (Phi) is 3.05. The second-order valence-electron chi connectivity index (χ2n) is 4.40. The molecule has 4 nitrogen and oxygen atoms in total. The van der Waals surface area contributed by atoms with Crippen LogP contribution < -0.4 is 5.73 Å². The number of primary amides is 1. The van der Waals surface area contributed by atoms with E-state index in [0.29, 0.717) is 0 Å². The lowest BCUT2D eigenvalue weighted by Gasteiger charge is -2.08. The second-order valence-corrected chi connectivity index (χ2v) is 4.40. The highest BCUT2D eigenvalue weighted by Crippen LogP contribution is 2.22. The maximum atomic E-state index is 10.9. The number of amides is 1. The summed E-state index contributed by atoms with van der Waals surface area (Å²) in [4.78, 5) is 15.3. The first-order valence-electron chi connectivity index (χ1n) is 6.25. The molecule has 0 aliphatic carbocycles. The first-order chi connectivity index (χ1) is 9.75. The molecule has 3 aromatic rings. The van der Waals surface area contributed by atoms with Gasteiger partial charge in [-0.15, -0.1) is 0 Å². The molecule has 3 rings (SSSR count). The van der Waals surface area contributed by atoms with Crippen molar-refractivity contribution in [1.82, 2.24) is 9.55 Å². The first kappa shape index (κ1) is 12.2. The minimum Gasteiger partial charge on any atom is -0.366 e. The molecule has 2 N–H and O–H groups in total. The summed E-state index contributed by atoms with van der Waals surface area (Å²) >= 11 is 0. The Morgan fingerprint density at radius 2 is 2.00 bits per heavy atom. The number of pyridine rings is 1. The molecule has 0 aliphatic heterocycles. The van der Waals surface area contributed by atoms with Crippen molar-refractivity contribution in [2.24, 2.45) is 5.73 Å². The molecule has 0 aliphatic rings. The van der Waals surface area contributed by atoms with Gasteiger partial charge >= 0.3 is 0 Å². The van der Waals surface area contributed by atoms with Gasteiger partial charge in [-0.2, -0.15) is 0 Å². The Hall–Kier alpha value is -2.88. The van der Waals surface area contributed by atoms with Gasteiger partial charge in [0.2, 0.25) is 5.91 Å². The maximum absolute atomic E-state index is 10.9. The molecule has 1 aromatic carbocycles. The number of nitrogens with zero attached hydrogens (tertiary/aromatic N) is 2. The van der Waals surface area contributed by atoms with E-state index in [2.05, 4.69) is 4.98 Å². The van der Waals surface area contributed by atoms with E-state index in [-0.39, 0.29) is 0 Å². The molecule has 0 saturated heterocycles. The van der Waals surface area contributed by atoms with E-state index in [1.54, 1.807) is 12.3 Å². The molecular weight excluding hydrogens is 250 g/mol. The number of carbonyl (C=O) groups excluding carboxylic acids is 1. The molecular formula is C16H13N3O. The van der Waals surface area contributed by atoms with Crippen molar-refractivity contribution >= 4 is 23.0 Å². The molecule has 0 saturated carbocycles. The van der Waals surface area contributed by atoms with Gasteiger partial charge < -0.3 is 10.3 Å². The highest BCUT2D eigenvalue weighted by Gasteiger charge is 2.06. The van der Waals surface area contributed by atoms with Crippen molar-refractivity contribution in [3.05, 3.63) is 66.5 Å². The van der Waals surface area contributed by atoms with Crippen LogP contribution in [-0.2, 0) is 4.79 Å². The van der Waals surface area contributed by atoms with Crippen molar-refractivity contribution in [3.8, 4) is 5.69 Å². The third-order valence-corrected chi connectivity index (χ3v) is 3.07. The number of hydrogen-bond donors (Lipinski definition) is 1. The van der Waals surface area contributed by atoms with E-state index in [1.165, 1.54) is 6.08 Å². The van der Waals surface area contributed by atoms with Crippen LogP contribution in [0.4, 0.5) is 0 Å². The lowest BCUT2D eigenvalue weighted by Crippen LogP contribution is -2.05. The van der Waals surface area contributed by atoms with Crippen molar-refractivity contribution in [2.75, 3.05) is 0 Å². The van der Waals surface area contributed by atoms with Crippen molar-refractivity contribution < 1.29 is 4.79 Å². The van der Waals surface area contributed by atoms with Crippen LogP contribution >= 0.6 is 0 Å². The zero-order chi connectivity index (χ0) is 13.9. The third kappa shape index (κ3) is 2.19. The Labute approximate surface area is 116 Å². The van der Waals surface area contributed by atoms with Crippen LogP contribution in [0.25, 0.3) is 22.8 Å². The molecule has 0 bridgehead atoms. The molecule has 0 atom stereocenters. The minimum atomic E-state index is -0.463. The molecule has 20 heavy (non-hydrogen) atoms. The fraction of sp³-hybridized carbons (Fsp3) is 0. The Morgan fingerprint density at radius 1 is 1.15 bits per heavy atom. The number of aromatic nitrogens is 2. The normalized spacial score (nSPS) is 11.2. The van der Waals surface area contributed by atoms with Crippen LogP contribution in [-0.4, -0.2) is 15.5 Å². The van der Waals surface area contributed by atoms with E-state index in [4.69, 9.17) is 5.73 Å². The second kappa shape index (κ2) is 5.01. The summed E-state index contributed by atoms with van der Waals surface area (Å²) in [5.41, 5.74) is 7.91. The summed E-state index contributed by atoms with van der Waals surface area (Å²) in [6.07, 6.45) is 6.81. The van der Waals surface area contributed by atoms with E-state index >= 15 is 0 Å². The highest BCUT2D eigenvalue weighted by atomic mass is 16.1. The SMILES string of the molecule is NC(=O)/C=C/c1ccccc1-n1ccc2cccnc21. The molecule has 0 unspecified atom stereocenters. The molecule has 2 aromatic heterocycles. The van der Waals surface area contributed by atoms with Crippen LogP contribution in [0.1, 0.15) is 5.56 Å². The summed E-state index contributed by atoms with van der Waals surface area (Å²) in [6, 6.07) is 13.7. The highest BCUT2D eigenvalue weighted by molar-refractivity contribution is 5.91. The van der Waals surface area contributed by atoms with Gasteiger partial charge in [0, 0.05) is 23.9 Å². The van der Waals surface area contributed by atoms with E-state index in [9.17, 15) is 4.79 Å². The first-order valence-corrected chi connectivity index (χ1v) is 6.25. The maximum Gasteiger partial charge on any atom is 0.241 e. The van der Waals surface area contributed by atoms with E-state index in [1.807, 2.05) is 53.2 Å². The Balaban J connectivity index is 2.17. The van der Waals surface area contributed by atoms with Crippen LogP contribution in [0, 0.1) is 0 Å². The molecule has 0 radical (unpaired) electrons. The third-order valence-electron chi connectivity index (χ3n) is 3.07. The number of benzene rings is 1. The number of nitrogens with two attached hydrogens (primary N) is 1. The lowest BCUT2D eigenvalue weighted by atomic mass is 10.1. The molecule has 0 spiro atoms. The van der Waals surface area contributed by atoms with E-state index in [0.717, 1.165) is 22.3 Å². The fourth-order valence-corrected chi connectivity index (χ4v) is 2.18. The molecule has 0 fully saturated rings. The number of hydrogen-bond acceptors (Lipinski definition) is 2. The predicted molar refractivity (Wildman–Crippen MR) is 79.3 cm³/mol. The number of rotatable bonds is 3. The topological polar surface area (TPSA) is 60.9 Å². The van der Waals surface area contributed by atoms with Crippen LogP contribution in [0.2, 0.25) is 0 Å². The predicted octanol–water partition coefficient (Wildman–Crippen LogP) is 2.52. The Bertz CT molecular complexity index is 802. The Morgan fingerprint density at radius 3 is 2.85 bits per heavy atom. The van der Waals surface area contributed by atoms with Gasteiger partial charge in [-0.1, -0.05) is 18.2 Å². The largest absolute Gasteiger partial charge is 0.366 e. The average molecular weight is 263 g/mol. The average Bonchev–Trinajstić information content (AvgIpc) is 2.89. The van der Waals surface area contributed by atoms with E-state index < -0.39 is 5.91 Å². The number of carbonyl (C=O) groups is 1. The van der Waals surface area contributed by atoms with Gasteiger partial charge in [0.05, 0.1) is 5.69 Å². The van der Waals surface area contributed by atoms with Gasteiger partial charge in [-0.05, 0) is 35.9 Å². The summed E-state index contributed by atoms with van der Waals surface area (Å²) in [6.45, 7) is 0. The summed E-state index contributed by atoms with van der Waals surface area (Å²) in [5.74, 6) is -0.463. The summed E-state index contributed by atoms with van der Waals surface area (Å²) < 4.78 is 2.00. The van der Waals surface area contributed by atoms with Gasteiger partial charge in [0.25, 0.3) is 0 Å². The van der Waals surface area contributed by atoms with Gasteiger partial charge in [-0.3, -0.25) is 4.79 Å². The zero-order valence-electron chi connectivity index (χ0n) is 10.7. The summed E-state index contributed by atoms with van der Waals surface area (Å²) in [5, 5.41) is 1.07. The van der Waals surface area contributed by atoms with Gasteiger partial charge in [0.15, 0.2) is 0 Å². The minimum absolute atomic E-state index is 0.463. The lowest BCUT2D eigenvalue weighted by molar-refractivity contribution is -0.113. The quantitative estimate of drug-likeness (QED) is 0.738. The fourth-order valence-electron chi connectivity index (χ4n) is 2.18. The standard InChI is InChI=1S/C16H13N3O/c17-15(20)8-7-12-4-1-2-6-14(12)19-11-9-13-5-3-10-18-16(13)19/h1-11H,(H2,17,20)/b8-7+. The van der Waals surface area contributed by atoms with Crippen LogP contribution in [0.5, 0.6) is 0 Å². The number of fused-ring (bicyclic) bond motifs is 1. The van der Waals surface area contributed by atoms with Crippen molar-refractivity contribution in [2.45, 2.75) is 0 Å². The smallest absolute Gasteiger partial charge is 0.241 e. The van der Waals surface area contributed by atoms with Crippen molar-refractivity contribution in [3.63, 3.8) is 0 Å². The van der Waals surface area contributed by atoms with Crippen molar-refractivity contribution in [1.29, 1.82) is 0 Å². The summed E-state index contributed by atoms with van der Waals surface area (Å²) in [7, 11) is 0. The molecule has 1 amide bonds. The monoisotopic (exact) mass is 263 g/mol. The molecule has 4 heteroatoms. The van der Waals surface area contributed by atoms with Gasteiger partial charge in [0.1, 0.15) is 5.65 Å². The zero-order valence-corrected chi connectivity index (χ0v) is 10.7. The van der Waals surface area contributed by atoms with Gasteiger partial charge in [-0.25, -0.2) is 4.98 Å². The number of para-hydroxylation sites is 1. The van der Waals surface area contributed by atoms with Crippen LogP contribution in [0.3, 0.4) is 0 Å². The van der Waals surface area contributed by atoms with Crippen LogP contribution in [0.15, 0.2) is 60.9 Å². The molecule has 98 valence electrons.